The van der Waals surface area contributed by atoms with E-state index in [1.54, 1.807) is 0 Å². The molecule has 0 saturated carbocycles. The first kappa shape index (κ1) is 9.99. The van der Waals surface area contributed by atoms with E-state index in [0.29, 0.717) is 6.42 Å². The van der Waals surface area contributed by atoms with Crippen molar-refractivity contribution >= 4 is 17.6 Å². The van der Waals surface area contributed by atoms with Gasteiger partial charge in [-0.15, -0.1) is 0 Å². The first-order valence-corrected chi connectivity index (χ1v) is 4.56. The van der Waals surface area contributed by atoms with Crippen molar-refractivity contribution in [3.63, 3.8) is 0 Å². The van der Waals surface area contributed by atoms with E-state index in [1.807, 2.05) is 6.92 Å². The molecule has 1 saturated heterocycles. The van der Waals surface area contributed by atoms with Crippen LogP contribution in [-0.2, 0) is 0 Å². The van der Waals surface area contributed by atoms with Crippen molar-refractivity contribution in [1.29, 1.82) is 0 Å². The average molecular weight is 193 g/mol. The molecule has 1 rings (SSSR count). The van der Waals surface area contributed by atoms with Crippen LogP contribution >= 0.6 is 12.2 Å². The molecule has 0 aliphatic carbocycles. The van der Waals surface area contributed by atoms with E-state index >= 15 is 0 Å². The second kappa shape index (κ2) is 3.75. The van der Waals surface area contributed by atoms with Crippen molar-refractivity contribution in [2.24, 2.45) is 0 Å². The summed E-state index contributed by atoms with van der Waals surface area (Å²) in [5, 5.41) is 4.22. The lowest BCUT2D eigenvalue weighted by Gasteiger charge is -2.37. The SMILES string of the molecule is CC1CCC(F)(CF)C(C=S)N1. The summed E-state index contributed by atoms with van der Waals surface area (Å²) in [6.07, 6.45) is 0.926. The largest absolute Gasteiger partial charge is 0.304 e. The Morgan fingerprint density at radius 1 is 1.75 bits per heavy atom. The van der Waals surface area contributed by atoms with Crippen molar-refractivity contribution in [3.8, 4) is 0 Å². The first-order valence-electron chi connectivity index (χ1n) is 4.08. The molecule has 0 aromatic carbocycles. The Bertz CT molecular complexity index is 176. The van der Waals surface area contributed by atoms with Crippen molar-refractivity contribution in [1.82, 2.24) is 5.32 Å². The minimum atomic E-state index is -1.77. The third-order valence-corrected chi connectivity index (χ3v) is 2.64. The summed E-state index contributed by atoms with van der Waals surface area (Å²) in [7, 11) is 0. The third kappa shape index (κ3) is 1.80. The van der Waals surface area contributed by atoms with Gasteiger partial charge in [-0.3, -0.25) is 0 Å². The molecule has 12 heavy (non-hydrogen) atoms. The van der Waals surface area contributed by atoms with Gasteiger partial charge in [0.05, 0.1) is 6.04 Å². The van der Waals surface area contributed by atoms with E-state index in [2.05, 4.69) is 17.5 Å². The lowest BCUT2D eigenvalue weighted by atomic mass is 9.87. The topological polar surface area (TPSA) is 12.0 Å². The Hall–Kier alpha value is -0.0900. The molecule has 0 amide bonds. The Kier molecular flexibility index (Phi) is 3.12. The molecule has 1 fully saturated rings. The number of thiocarbonyl (C=S) groups is 1. The van der Waals surface area contributed by atoms with Gasteiger partial charge in [-0.25, -0.2) is 8.78 Å². The summed E-state index contributed by atoms with van der Waals surface area (Å²) in [6, 6.07) is -0.383. The van der Waals surface area contributed by atoms with Gasteiger partial charge in [-0.2, -0.15) is 0 Å². The molecule has 0 spiro atoms. The fourth-order valence-electron chi connectivity index (χ4n) is 1.46. The van der Waals surface area contributed by atoms with Gasteiger partial charge in [0.15, 0.2) is 5.67 Å². The van der Waals surface area contributed by atoms with Gasteiger partial charge in [-0.1, -0.05) is 12.2 Å². The van der Waals surface area contributed by atoms with E-state index in [4.69, 9.17) is 0 Å². The molecular formula is C8H13F2NS. The van der Waals surface area contributed by atoms with Crippen molar-refractivity contribution in [2.75, 3.05) is 6.67 Å². The van der Waals surface area contributed by atoms with E-state index in [9.17, 15) is 8.78 Å². The van der Waals surface area contributed by atoms with Crippen LogP contribution in [0.15, 0.2) is 0 Å². The summed E-state index contributed by atoms with van der Waals surface area (Å²) >= 11 is 4.65. The minimum Gasteiger partial charge on any atom is -0.304 e. The molecule has 1 N–H and O–H groups in total. The van der Waals surface area contributed by atoms with Crippen LogP contribution in [0, 0.1) is 0 Å². The van der Waals surface area contributed by atoms with E-state index in [1.165, 1.54) is 5.37 Å². The van der Waals surface area contributed by atoms with Crippen molar-refractivity contribution in [2.45, 2.75) is 37.5 Å². The predicted octanol–water partition coefficient (Wildman–Crippen LogP) is 1.80. The highest BCUT2D eigenvalue weighted by molar-refractivity contribution is 7.79. The van der Waals surface area contributed by atoms with E-state index in [-0.39, 0.29) is 12.5 Å². The van der Waals surface area contributed by atoms with Crippen molar-refractivity contribution < 1.29 is 8.78 Å². The molecule has 0 aromatic rings. The standard InChI is InChI=1S/C8H13F2NS/c1-6-2-3-8(10,5-9)7(4-12)11-6/h4,6-7,11H,2-3,5H2,1H3. The van der Waals surface area contributed by atoms with E-state index in [0.717, 1.165) is 0 Å². The summed E-state index contributed by atoms with van der Waals surface area (Å²) < 4.78 is 26.0. The van der Waals surface area contributed by atoms with Crippen LogP contribution in [0.5, 0.6) is 0 Å². The number of hydrogen-bond acceptors (Lipinski definition) is 2. The summed E-state index contributed by atoms with van der Waals surface area (Å²) in [5.41, 5.74) is -1.77. The van der Waals surface area contributed by atoms with Gasteiger partial charge >= 0.3 is 0 Å². The van der Waals surface area contributed by atoms with Crippen LogP contribution in [-0.4, -0.2) is 29.8 Å². The zero-order valence-electron chi connectivity index (χ0n) is 7.02. The number of halogens is 2. The lowest BCUT2D eigenvalue weighted by Crippen LogP contribution is -2.57. The summed E-state index contributed by atoms with van der Waals surface area (Å²) in [5.74, 6) is 0. The number of rotatable bonds is 2. The Balaban J connectivity index is 2.68. The number of alkyl halides is 2. The molecule has 70 valence electrons. The fourth-order valence-corrected chi connectivity index (χ4v) is 1.78. The smallest absolute Gasteiger partial charge is 0.158 e. The molecule has 1 aliphatic heterocycles. The molecule has 3 atom stereocenters. The van der Waals surface area contributed by atoms with Gasteiger partial charge in [0.1, 0.15) is 6.67 Å². The Morgan fingerprint density at radius 3 is 2.92 bits per heavy atom. The highest BCUT2D eigenvalue weighted by atomic mass is 32.1. The zero-order valence-corrected chi connectivity index (χ0v) is 7.83. The van der Waals surface area contributed by atoms with Crippen LogP contribution < -0.4 is 5.32 Å². The summed E-state index contributed by atoms with van der Waals surface area (Å²) in [4.78, 5) is 0. The van der Waals surface area contributed by atoms with Crippen LogP contribution in [0.1, 0.15) is 19.8 Å². The van der Waals surface area contributed by atoms with Crippen LogP contribution in [0.3, 0.4) is 0 Å². The first-order chi connectivity index (χ1) is 5.62. The quantitative estimate of drug-likeness (QED) is 0.671. The monoisotopic (exact) mass is 193 g/mol. The number of hydrogen-bond donors (Lipinski definition) is 1. The van der Waals surface area contributed by atoms with Gasteiger partial charge in [0.2, 0.25) is 0 Å². The van der Waals surface area contributed by atoms with Crippen molar-refractivity contribution in [3.05, 3.63) is 0 Å². The highest BCUT2D eigenvalue weighted by Crippen LogP contribution is 2.28. The second-order valence-corrected chi connectivity index (χ2v) is 3.66. The molecule has 1 heterocycles. The molecule has 0 radical (unpaired) electrons. The van der Waals surface area contributed by atoms with Gasteiger partial charge in [0.25, 0.3) is 0 Å². The van der Waals surface area contributed by atoms with Gasteiger partial charge < -0.3 is 5.32 Å². The van der Waals surface area contributed by atoms with Gasteiger partial charge in [0, 0.05) is 6.04 Å². The maximum atomic E-state index is 13.6. The van der Waals surface area contributed by atoms with Crippen LogP contribution in [0.25, 0.3) is 0 Å². The molecule has 1 nitrogen and oxygen atoms in total. The normalized spacial score (nSPS) is 42.6. The molecule has 0 bridgehead atoms. The second-order valence-electron chi connectivity index (χ2n) is 3.39. The maximum Gasteiger partial charge on any atom is 0.158 e. The molecule has 0 aromatic heterocycles. The molecule has 4 heteroatoms. The Labute approximate surface area is 76.5 Å². The fraction of sp³-hybridized carbons (Fsp3) is 0.875. The van der Waals surface area contributed by atoms with Gasteiger partial charge in [-0.05, 0) is 25.1 Å². The average Bonchev–Trinajstić information content (AvgIpc) is 2.09. The predicted molar refractivity (Wildman–Crippen MR) is 49.1 cm³/mol. The van der Waals surface area contributed by atoms with E-state index < -0.39 is 18.4 Å². The highest BCUT2D eigenvalue weighted by Gasteiger charge is 2.41. The lowest BCUT2D eigenvalue weighted by molar-refractivity contribution is 0.0573. The maximum absolute atomic E-state index is 13.6. The molecular weight excluding hydrogens is 180 g/mol. The zero-order chi connectivity index (χ0) is 9.19. The Morgan fingerprint density at radius 2 is 2.42 bits per heavy atom. The number of nitrogens with one attached hydrogen (secondary N) is 1. The van der Waals surface area contributed by atoms with Crippen LogP contribution in [0.4, 0.5) is 8.78 Å². The molecule has 3 unspecified atom stereocenters. The number of piperidine rings is 1. The third-order valence-electron chi connectivity index (χ3n) is 2.37. The summed E-state index contributed by atoms with van der Waals surface area (Å²) in [6.45, 7) is 0.994. The van der Waals surface area contributed by atoms with Crippen LogP contribution in [0.2, 0.25) is 0 Å². The molecule has 1 aliphatic rings. The minimum absolute atomic E-state index is 0.227.